The van der Waals surface area contributed by atoms with Gasteiger partial charge >= 0.3 is 12.1 Å². The first kappa shape index (κ1) is 15.2. The number of carboxylic acid groups (broad SMARTS) is 1. The molecule has 0 bridgehead atoms. The van der Waals surface area contributed by atoms with Crippen LogP contribution in [0, 0.1) is 5.92 Å². The van der Waals surface area contributed by atoms with Gasteiger partial charge in [0.05, 0.1) is 12.5 Å². The first-order valence-electron chi connectivity index (χ1n) is 6.44. The zero-order valence-corrected chi connectivity index (χ0v) is 11.2. The van der Waals surface area contributed by atoms with Gasteiger partial charge in [0.1, 0.15) is 6.61 Å². The number of ether oxygens (including phenoxy) is 1. The average molecular weight is 299 g/mol. The number of aliphatic carboxylic acids is 1. The fraction of sp³-hybridized carbons (Fsp3) is 0.429. The van der Waals surface area contributed by atoms with Crippen molar-refractivity contribution in [1.82, 2.24) is 4.90 Å². The number of halogens is 2. The number of hydrogen-bond acceptors (Lipinski definition) is 3. The largest absolute Gasteiger partial charge is 0.481 e. The van der Waals surface area contributed by atoms with Crippen LogP contribution in [0.15, 0.2) is 30.3 Å². The number of rotatable bonds is 3. The van der Waals surface area contributed by atoms with Gasteiger partial charge in [0, 0.05) is 13.0 Å². The Morgan fingerprint density at radius 1 is 1.33 bits per heavy atom. The predicted molar refractivity (Wildman–Crippen MR) is 68.9 cm³/mol. The Hall–Kier alpha value is -2.18. The second-order valence-corrected chi connectivity index (χ2v) is 5.02. The van der Waals surface area contributed by atoms with E-state index in [4.69, 9.17) is 9.84 Å². The van der Waals surface area contributed by atoms with Crippen LogP contribution in [0.5, 0.6) is 0 Å². The summed E-state index contributed by atoms with van der Waals surface area (Å²) in [7, 11) is 0. The highest BCUT2D eigenvalue weighted by molar-refractivity contribution is 5.73. The molecule has 1 aromatic rings. The lowest BCUT2D eigenvalue weighted by atomic mass is 9.96. The third-order valence-corrected chi connectivity index (χ3v) is 3.22. The quantitative estimate of drug-likeness (QED) is 0.930. The molecular formula is C14H15F2NO4. The van der Waals surface area contributed by atoms with Crippen molar-refractivity contribution in [2.75, 3.05) is 13.1 Å². The Bertz CT molecular complexity index is 521. The number of amides is 1. The maximum absolute atomic E-state index is 13.5. The monoisotopic (exact) mass is 299 g/mol. The molecule has 1 N–H and O–H groups in total. The molecule has 1 amide bonds. The van der Waals surface area contributed by atoms with Crippen molar-refractivity contribution >= 4 is 12.1 Å². The van der Waals surface area contributed by atoms with Crippen LogP contribution in [0.2, 0.25) is 0 Å². The van der Waals surface area contributed by atoms with Crippen molar-refractivity contribution in [2.45, 2.75) is 19.0 Å². The molecule has 0 aromatic heterocycles. The molecular weight excluding hydrogens is 284 g/mol. The lowest BCUT2D eigenvalue weighted by Crippen LogP contribution is -2.51. The minimum absolute atomic E-state index is 0.0422. The van der Waals surface area contributed by atoms with Crippen LogP contribution in [0.4, 0.5) is 13.6 Å². The van der Waals surface area contributed by atoms with Gasteiger partial charge in [-0.15, -0.1) is 0 Å². The van der Waals surface area contributed by atoms with Gasteiger partial charge in [-0.05, 0) is 5.56 Å². The van der Waals surface area contributed by atoms with Gasteiger partial charge in [-0.3, -0.25) is 4.79 Å². The summed E-state index contributed by atoms with van der Waals surface area (Å²) in [5, 5.41) is 8.87. The molecule has 2 rings (SSSR count). The Balaban J connectivity index is 1.96. The van der Waals surface area contributed by atoms with E-state index >= 15 is 0 Å². The van der Waals surface area contributed by atoms with Crippen LogP contribution in [0.1, 0.15) is 12.0 Å². The van der Waals surface area contributed by atoms with Crippen LogP contribution >= 0.6 is 0 Å². The van der Waals surface area contributed by atoms with E-state index in [9.17, 15) is 18.4 Å². The van der Waals surface area contributed by atoms with E-state index in [-0.39, 0.29) is 13.2 Å². The van der Waals surface area contributed by atoms with Crippen molar-refractivity contribution in [3.05, 3.63) is 35.9 Å². The molecule has 21 heavy (non-hydrogen) atoms. The van der Waals surface area contributed by atoms with Crippen LogP contribution in [0.3, 0.4) is 0 Å². The van der Waals surface area contributed by atoms with Gasteiger partial charge in [-0.25, -0.2) is 13.6 Å². The topological polar surface area (TPSA) is 66.8 Å². The van der Waals surface area contributed by atoms with E-state index in [1.54, 1.807) is 30.3 Å². The maximum atomic E-state index is 13.5. The summed E-state index contributed by atoms with van der Waals surface area (Å²) in [4.78, 5) is 23.4. The Morgan fingerprint density at radius 3 is 2.62 bits per heavy atom. The fourth-order valence-corrected chi connectivity index (χ4v) is 2.21. The number of carbonyl (C=O) groups is 2. The van der Waals surface area contributed by atoms with Gasteiger partial charge in [0.25, 0.3) is 5.92 Å². The summed E-state index contributed by atoms with van der Waals surface area (Å²) >= 11 is 0. The van der Waals surface area contributed by atoms with E-state index in [1.165, 1.54) is 0 Å². The zero-order valence-electron chi connectivity index (χ0n) is 11.2. The summed E-state index contributed by atoms with van der Waals surface area (Å²) < 4.78 is 31.9. The number of carboxylic acids is 1. The number of piperidine rings is 1. The summed E-state index contributed by atoms with van der Waals surface area (Å²) in [6, 6.07) is 8.79. The van der Waals surface area contributed by atoms with Crippen LogP contribution in [-0.4, -0.2) is 41.1 Å². The number of hydrogen-bond donors (Lipinski definition) is 1. The smallest absolute Gasteiger partial charge is 0.410 e. The van der Waals surface area contributed by atoms with Crippen LogP contribution < -0.4 is 0 Å². The molecule has 0 saturated carbocycles. The minimum atomic E-state index is -3.22. The second kappa shape index (κ2) is 6.07. The predicted octanol–water partition coefficient (Wildman–Crippen LogP) is 2.37. The Labute approximate surface area is 120 Å². The second-order valence-electron chi connectivity index (χ2n) is 5.02. The third kappa shape index (κ3) is 4.14. The highest BCUT2D eigenvalue weighted by Gasteiger charge is 2.45. The first-order chi connectivity index (χ1) is 9.87. The Morgan fingerprint density at radius 2 is 2.00 bits per heavy atom. The van der Waals surface area contributed by atoms with E-state index < -0.39 is 36.9 Å². The SMILES string of the molecule is O=C(O)[C@H]1CN(C(=O)OCc2ccccc2)CC(F)(F)C1. The molecule has 0 radical (unpaired) electrons. The summed E-state index contributed by atoms with van der Waals surface area (Å²) in [6.45, 7) is -1.12. The molecule has 0 spiro atoms. The molecule has 1 fully saturated rings. The standard InChI is InChI=1S/C14H15F2NO4/c15-14(16)6-11(12(18)19)7-17(9-14)13(20)21-8-10-4-2-1-3-5-10/h1-5,11H,6-9H2,(H,18,19)/t11-/m1/s1. The minimum Gasteiger partial charge on any atom is -0.481 e. The number of nitrogens with zero attached hydrogens (tertiary/aromatic N) is 1. The number of alkyl halides is 2. The molecule has 0 unspecified atom stereocenters. The Kier molecular flexibility index (Phi) is 4.40. The highest BCUT2D eigenvalue weighted by atomic mass is 19.3. The molecule has 1 saturated heterocycles. The third-order valence-electron chi connectivity index (χ3n) is 3.22. The van der Waals surface area contributed by atoms with Gasteiger partial charge in [0.15, 0.2) is 0 Å². The van der Waals surface area contributed by atoms with Crippen LogP contribution in [-0.2, 0) is 16.1 Å². The molecule has 7 heteroatoms. The highest BCUT2D eigenvalue weighted by Crippen LogP contribution is 2.31. The lowest BCUT2D eigenvalue weighted by Gasteiger charge is -2.35. The van der Waals surface area contributed by atoms with Gasteiger partial charge in [-0.2, -0.15) is 0 Å². The van der Waals surface area contributed by atoms with Gasteiger partial charge in [-0.1, -0.05) is 30.3 Å². The number of benzene rings is 1. The molecule has 5 nitrogen and oxygen atoms in total. The van der Waals surface area contributed by atoms with Crippen molar-refractivity contribution in [1.29, 1.82) is 0 Å². The van der Waals surface area contributed by atoms with Gasteiger partial charge in [0.2, 0.25) is 0 Å². The van der Waals surface area contributed by atoms with Gasteiger partial charge < -0.3 is 14.7 Å². The van der Waals surface area contributed by atoms with E-state index in [0.717, 1.165) is 10.5 Å². The lowest BCUT2D eigenvalue weighted by molar-refractivity contribution is -0.151. The zero-order chi connectivity index (χ0) is 15.5. The molecule has 0 aliphatic carbocycles. The molecule has 1 aliphatic heterocycles. The number of carbonyl (C=O) groups excluding carboxylic acids is 1. The molecule has 1 aromatic carbocycles. The van der Waals surface area contributed by atoms with E-state index in [2.05, 4.69) is 0 Å². The number of likely N-dealkylation sites (tertiary alicyclic amines) is 1. The van der Waals surface area contributed by atoms with E-state index in [1.807, 2.05) is 0 Å². The van der Waals surface area contributed by atoms with E-state index in [0.29, 0.717) is 0 Å². The molecule has 1 heterocycles. The van der Waals surface area contributed by atoms with Crippen molar-refractivity contribution in [3.63, 3.8) is 0 Å². The maximum Gasteiger partial charge on any atom is 0.410 e. The summed E-state index contributed by atoms with van der Waals surface area (Å²) in [6.07, 6.45) is -1.69. The molecule has 1 atom stereocenters. The van der Waals surface area contributed by atoms with Crippen LogP contribution in [0.25, 0.3) is 0 Å². The summed E-state index contributed by atoms with van der Waals surface area (Å²) in [5.74, 6) is -5.83. The molecule has 114 valence electrons. The fourth-order valence-electron chi connectivity index (χ4n) is 2.21. The first-order valence-corrected chi connectivity index (χ1v) is 6.44. The van der Waals surface area contributed by atoms with Crippen molar-refractivity contribution < 1.29 is 28.2 Å². The molecule has 1 aliphatic rings. The van der Waals surface area contributed by atoms with Crippen molar-refractivity contribution in [2.24, 2.45) is 5.92 Å². The van der Waals surface area contributed by atoms with Crippen molar-refractivity contribution in [3.8, 4) is 0 Å². The average Bonchev–Trinajstić information content (AvgIpc) is 2.44. The summed E-state index contributed by atoms with van der Waals surface area (Å²) in [5.41, 5.74) is 0.726. The normalized spacial score (nSPS) is 20.9.